The highest BCUT2D eigenvalue weighted by atomic mass is 16.4. The van der Waals surface area contributed by atoms with E-state index in [0.717, 1.165) is 0 Å². The topological polar surface area (TPSA) is 87.7 Å². The first kappa shape index (κ1) is 9.31. The molecular weight excluding hydrogens is 176 g/mol. The Hall–Kier alpha value is -1.78. The van der Waals surface area contributed by atoms with Gasteiger partial charge in [0.2, 0.25) is 0 Å². The van der Waals surface area contributed by atoms with Crippen LogP contribution in [0.3, 0.4) is 0 Å². The van der Waals surface area contributed by atoms with Gasteiger partial charge in [-0.05, 0) is 12.1 Å². The van der Waals surface area contributed by atoms with E-state index in [1.165, 1.54) is 12.1 Å². The van der Waals surface area contributed by atoms with Gasteiger partial charge in [-0.2, -0.15) is 0 Å². The molecule has 0 spiro atoms. The second-order valence-electron chi connectivity index (χ2n) is 2.51. The number of furan rings is 1. The predicted molar refractivity (Wildman–Crippen MR) is 41.4 cm³/mol. The minimum atomic E-state index is -1.00. The Balaban J connectivity index is 2.63. The van der Waals surface area contributed by atoms with Crippen molar-refractivity contribution in [2.24, 2.45) is 0 Å². The van der Waals surface area contributed by atoms with Crippen LogP contribution in [0.2, 0.25) is 0 Å². The number of hydrogen-bond acceptors (Lipinski definition) is 3. The first-order valence-electron chi connectivity index (χ1n) is 3.59. The minimum absolute atomic E-state index is 0.223. The molecule has 0 radical (unpaired) electrons. The summed E-state index contributed by atoms with van der Waals surface area (Å²) in [6.45, 7) is 0. The zero-order valence-corrected chi connectivity index (χ0v) is 6.69. The summed E-state index contributed by atoms with van der Waals surface area (Å²) < 4.78 is 4.94. The van der Waals surface area contributed by atoms with Crippen LogP contribution in [-0.2, 0) is 22.4 Å². The third kappa shape index (κ3) is 2.98. The normalized spacial score (nSPS) is 9.85. The lowest BCUT2D eigenvalue weighted by atomic mass is 10.3. The number of hydrogen-bond donors (Lipinski definition) is 2. The SMILES string of the molecule is O=C(O)Cc1ccc(CC(=O)O)o1. The molecule has 5 nitrogen and oxygen atoms in total. The molecule has 0 saturated heterocycles. The first-order valence-corrected chi connectivity index (χ1v) is 3.59. The van der Waals surface area contributed by atoms with Crippen LogP contribution in [0.4, 0.5) is 0 Å². The number of rotatable bonds is 4. The van der Waals surface area contributed by atoms with Gasteiger partial charge in [-0.1, -0.05) is 0 Å². The van der Waals surface area contributed by atoms with Gasteiger partial charge in [0.25, 0.3) is 0 Å². The summed E-state index contributed by atoms with van der Waals surface area (Å²) in [5.41, 5.74) is 0. The molecule has 1 aromatic heterocycles. The first-order chi connectivity index (χ1) is 6.08. The van der Waals surface area contributed by atoms with E-state index in [9.17, 15) is 9.59 Å². The number of aliphatic carboxylic acids is 2. The van der Waals surface area contributed by atoms with Crippen molar-refractivity contribution in [3.05, 3.63) is 23.7 Å². The fourth-order valence-electron chi connectivity index (χ4n) is 0.910. The molecule has 0 aliphatic heterocycles. The van der Waals surface area contributed by atoms with Gasteiger partial charge in [0, 0.05) is 0 Å². The van der Waals surface area contributed by atoms with Gasteiger partial charge in [0.05, 0.1) is 0 Å². The predicted octanol–water partition coefficient (Wildman–Crippen LogP) is 0.534. The Morgan fingerprint density at radius 2 is 1.46 bits per heavy atom. The molecule has 5 heteroatoms. The van der Waals surface area contributed by atoms with E-state index < -0.39 is 11.9 Å². The van der Waals surface area contributed by atoms with Crippen LogP contribution in [-0.4, -0.2) is 22.2 Å². The molecule has 0 atom stereocenters. The van der Waals surface area contributed by atoms with Crippen molar-refractivity contribution in [3.8, 4) is 0 Å². The second kappa shape index (κ2) is 3.75. The van der Waals surface area contributed by atoms with Gasteiger partial charge in [-0.3, -0.25) is 9.59 Å². The van der Waals surface area contributed by atoms with Crippen LogP contribution in [0.5, 0.6) is 0 Å². The summed E-state index contributed by atoms with van der Waals surface area (Å²) in [5.74, 6) is -1.47. The summed E-state index contributed by atoms with van der Waals surface area (Å²) >= 11 is 0. The van der Waals surface area contributed by atoms with E-state index in [4.69, 9.17) is 14.6 Å². The average Bonchev–Trinajstić information content (AvgIpc) is 2.33. The molecule has 1 rings (SSSR count). The van der Waals surface area contributed by atoms with Crippen molar-refractivity contribution in [2.45, 2.75) is 12.8 Å². The van der Waals surface area contributed by atoms with Gasteiger partial charge in [-0.25, -0.2) is 0 Å². The third-order valence-electron chi connectivity index (χ3n) is 1.37. The van der Waals surface area contributed by atoms with E-state index >= 15 is 0 Å². The van der Waals surface area contributed by atoms with Crippen LogP contribution in [0, 0.1) is 0 Å². The Kier molecular flexibility index (Phi) is 2.69. The molecule has 0 bridgehead atoms. The molecule has 0 aliphatic carbocycles. The van der Waals surface area contributed by atoms with Gasteiger partial charge >= 0.3 is 11.9 Å². The van der Waals surface area contributed by atoms with E-state index in [2.05, 4.69) is 0 Å². The molecule has 2 N–H and O–H groups in total. The summed E-state index contributed by atoms with van der Waals surface area (Å²) in [7, 11) is 0. The summed E-state index contributed by atoms with van der Waals surface area (Å²) in [5, 5.41) is 16.8. The van der Waals surface area contributed by atoms with Crippen molar-refractivity contribution in [1.29, 1.82) is 0 Å². The van der Waals surface area contributed by atoms with E-state index in [1.54, 1.807) is 0 Å². The number of carbonyl (C=O) groups is 2. The Labute approximate surface area is 73.6 Å². The maximum atomic E-state index is 10.2. The highest BCUT2D eigenvalue weighted by Gasteiger charge is 2.08. The fraction of sp³-hybridized carbons (Fsp3) is 0.250. The van der Waals surface area contributed by atoms with E-state index in [-0.39, 0.29) is 24.4 Å². The molecule has 70 valence electrons. The van der Waals surface area contributed by atoms with Crippen molar-refractivity contribution in [2.75, 3.05) is 0 Å². The molecule has 0 aliphatic rings. The molecule has 0 unspecified atom stereocenters. The highest BCUT2D eigenvalue weighted by Crippen LogP contribution is 2.09. The number of carboxylic acids is 2. The van der Waals surface area contributed by atoms with Gasteiger partial charge in [-0.15, -0.1) is 0 Å². The molecule has 13 heavy (non-hydrogen) atoms. The smallest absolute Gasteiger partial charge is 0.311 e. The van der Waals surface area contributed by atoms with E-state index in [0.29, 0.717) is 0 Å². The average molecular weight is 184 g/mol. The molecule has 1 aromatic rings. The zero-order chi connectivity index (χ0) is 9.84. The monoisotopic (exact) mass is 184 g/mol. The maximum absolute atomic E-state index is 10.2. The summed E-state index contributed by atoms with van der Waals surface area (Å²) in [4.78, 5) is 20.4. The van der Waals surface area contributed by atoms with Gasteiger partial charge in [0.1, 0.15) is 24.4 Å². The molecule has 1 heterocycles. The minimum Gasteiger partial charge on any atom is -0.481 e. The third-order valence-corrected chi connectivity index (χ3v) is 1.37. The van der Waals surface area contributed by atoms with Crippen molar-refractivity contribution < 1.29 is 24.2 Å². The maximum Gasteiger partial charge on any atom is 0.311 e. The molecule has 0 fully saturated rings. The lowest BCUT2D eigenvalue weighted by molar-refractivity contribution is -0.137. The highest BCUT2D eigenvalue weighted by molar-refractivity contribution is 5.70. The summed E-state index contributed by atoms with van der Waals surface area (Å²) in [6, 6.07) is 2.93. The van der Waals surface area contributed by atoms with Crippen LogP contribution in [0.25, 0.3) is 0 Å². The molecule has 0 aromatic carbocycles. The standard InChI is InChI=1S/C8H8O5/c9-7(10)3-5-1-2-6(13-5)4-8(11)12/h1-2H,3-4H2,(H,9,10)(H,11,12). The summed E-state index contributed by atoms with van der Waals surface area (Å²) in [6.07, 6.45) is -0.445. The quantitative estimate of drug-likeness (QED) is 0.712. The molecule has 0 amide bonds. The van der Waals surface area contributed by atoms with Crippen molar-refractivity contribution >= 4 is 11.9 Å². The van der Waals surface area contributed by atoms with Crippen LogP contribution >= 0.6 is 0 Å². The zero-order valence-electron chi connectivity index (χ0n) is 6.69. The second-order valence-corrected chi connectivity index (χ2v) is 2.51. The number of carboxylic acid groups (broad SMARTS) is 2. The van der Waals surface area contributed by atoms with E-state index in [1.807, 2.05) is 0 Å². The van der Waals surface area contributed by atoms with Crippen molar-refractivity contribution in [1.82, 2.24) is 0 Å². The lowest BCUT2D eigenvalue weighted by Crippen LogP contribution is -1.99. The Bertz CT molecular complexity index is 295. The van der Waals surface area contributed by atoms with Gasteiger partial charge < -0.3 is 14.6 Å². The Morgan fingerprint density at radius 3 is 1.77 bits per heavy atom. The fourth-order valence-corrected chi connectivity index (χ4v) is 0.910. The lowest BCUT2D eigenvalue weighted by Gasteiger charge is -1.90. The largest absolute Gasteiger partial charge is 0.481 e. The molecule has 0 saturated carbocycles. The van der Waals surface area contributed by atoms with Crippen LogP contribution in [0.15, 0.2) is 16.5 Å². The van der Waals surface area contributed by atoms with Crippen molar-refractivity contribution in [3.63, 3.8) is 0 Å². The van der Waals surface area contributed by atoms with Crippen LogP contribution < -0.4 is 0 Å². The molecular formula is C8H8O5. The van der Waals surface area contributed by atoms with Gasteiger partial charge in [0.15, 0.2) is 0 Å². The van der Waals surface area contributed by atoms with Crippen LogP contribution in [0.1, 0.15) is 11.5 Å². The Morgan fingerprint density at radius 1 is 1.08 bits per heavy atom.